The molecule has 4 heteroatoms. The van der Waals surface area contributed by atoms with Crippen LogP contribution in [0, 0.1) is 0 Å². The summed E-state index contributed by atoms with van der Waals surface area (Å²) in [4.78, 5) is 15.7. The van der Waals surface area contributed by atoms with Gasteiger partial charge in [-0.3, -0.25) is 0 Å². The fourth-order valence-corrected chi connectivity index (χ4v) is 1.31. The molecule has 1 aromatic carbocycles. The molecule has 0 fully saturated rings. The van der Waals surface area contributed by atoms with Crippen molar-refractivity contribution in [1.82, 2.24) is 4.98 Å². The summed E-state index contributed by atoms with van der Waals surface area (Å²) < 4.78 is 10.1. The molecular weight excluding hydrogens is 218 g/mol. The predicted octanol–water partition coefficient (Wildman–Crippen LogP) is 2.31. The molecule has 0 aliphatic rings. The van der Waals surface area contributed by atoms with Crippen LogP contribution in [0.1, 0.15) is 10.4 Å². The Morgan fingerprint density at radius 1 is 1.18 bits per heavy atom. The topological polar surface area (TPSA) is 48.4 Å². The van der Waals surface area contributed by atoms with Gasteiger partial charge in [0.1, 0.15) is 5.75 Å². The fourth-order valence-electron chi connectivity index (χ4n) is 1.31. The number of ether oxygens (including phenoxy) is 2. The third kappa shape index (κ3) is 2.81. The molecule has 17 heavy (non-hydrogen) atoms. The van der Waals surface area contributed by atoms with Crippen LogP contribution in [0.4, 0.5) is 0 Å². The lowest BCUT2D eigenvalue weighted by Crippen LogP contribution is -2.09. The second-order valence-corrected chi connectivity index (χ2v) is 3.29. The maximum absolute atomic E-state index is 11.8. The standard InChI is InChI=1S/C13H11NO3/c1-16-11-6-4-5-10(9-11)13(15)17-12-7-2-3-8-14-12/h2-9H,1H3. The van der Waals surface area contributed by atoms with Crippen LogP contribution >= 0.6 is 0 Å². The minimum atomic E-state index is -0.456. The number of nitrogens with zero attached hydrogens (tertiary/aromatic N) is 1. The van der Waals surface area contributed by atoms with Crippen LogP contribution < -0.4 is 9.47 Å². The van der Waals surface area contributed by atoms with E-state index in [9.17, 15) is 4.79 Å². The summed E-state index contributed by atoms with van der Waals surface area (Å²) in [6.45, 7) is 0. The van der Waals surface area contributed by atoms with Crippen LogP contribution in [-0.4, -0.2) is 18.1 Å². The summed E-state index contributed by atoms with van der Waals surface area (Å²) in [6.07, 6.45) is 1.56. The summed E-state index contributed by atoms with van der Waals surface area (Å²) in [6, 6.07) is 11.9. The van der Waals surface area contributed by atoms with Gasteiger partial charge in [0.25, 0.3) is 0 Å². The number of esters is 1. The molecule has 0 saturated carbocycles. The average molecular weight is 229 g/mol. The van der Waals surface area contributed by atoms with E-state index in [2.05, 4.69) is 4.98 Å². The van der Waals surface area contributed by atoms with Gasteiger partial charge in [-0.05, 0) is 24.3 Å². The van der Waals surface area contributed by atoms with Gasteiger partial charge >= 0.3 is 5.97 Å². The molecule has 86 valence electrons. The van der Waals surface area contributed by atoms with Crippen molar-refractivity contribution in [2.45, 2.75) is 0 Å². The van der Waals surface area contributed by atoms with E-state index in [1.165, 1.54) is 0 Å². The van der Waals surface area contributed by atoms with E-state index < -0.39 is 5.97 Å². The van der Waals surface area contributed by atoms with Gasteiger partial charge < -0.3 is 9.47 Å². The molecule has 2 rings (SSSR count). The van der Waals surface area contributed by atoms with Crippen molar-refractivity contribution < 1.29 is 14.3 Å². The van der Waals surface area contributed by atoms with Crippen molar-refractivity contribution in [2.75, 3.05) is 7.11 Å². The molecule has 1 heterocycles. The first-order chi connectivity index (χ1) is 8.29. The van der Waals surface area contributed by atoms with Crippen molar-refractivity contribution in [3.8, 4) is 11.6 Å². The number of carbonyl (C=O) groups is 1. The molecule has 4 nitrogen and oxygen atoms in total. The highest BCUT2D eigenvalue weighted by molar-refractivity contribution is 5.91. The van der Waals surface area contributed by atoms with E-state index >= 15 is 0 Å². The summed E-state index contributed by atoms with van der Waals surface area (Å²) in [5.74, 6) is 0.434. The van der Waals surface area contributed by atoms with Gasteiger partial charge in [-0.2, -0.15) is 0 Å². The molecule has 0 atom stereocenters. The summed E-state index contributed by atoms with van der Waals surface area (Å²) in [5.41, 5.74) is 0.426. The first-order valence-electron chi connectivity index (χ1n) is 5.07. The molecule has 1 aromatic heterocycles. The largest absolute Gasteiger partial charge is 0.497 e. The maximum atomic E-state index is 11.8. The van der Waals surface area contributed by atoms with Crippen molar-refractivity contribution in [2.24, 2.45) is 0 Å². The van der Waals surface area contributed by atoms with E-state index in [-0.39, 0.29) is 5.88 Å². The normalized spacial score (nSPS) is 9.71. The number of pyridine rings is 1. The summed E-state index contributed by atoms with van der Waals surface area (Å²) >= 11 is 0. The van der Waals surface area contributed by atoms with E-state index in [0.29, 0.717) is 11.3 Å². The maximum Gasteiger partial charge on any atom is 0.344 e. The predicted molar refractivity (Wildman–Crippen MR) is 62.2 cm³/mol. The van der Waals surface area contributed by atoms with Crippen LogP contribution in [0.3, 0.4) is 0 Å². The van der Waals surface area contributed by atoms with Crippen molar-refractivity contribution >= 4 is 5.97 Å². The molecule has 0 amide bonds. The van der Waals surface area contributed by atoms with Gasteiger partial charge in [-0.25, -0.2) is 9.78 Å². The Hall–Kier alpha value is -2.36. The third-order valence-corrected chi connectivity index (χ3v) is 2.14. The first kappa shape index (κ1) is 11.1. The number of methoxy groups -OCH3 is 1. The monoisotopic (exact) mass is 229 g/mol. The Bertz CT molecular complexity index is 511. The Kier molecular flexibility index (Phi) is 3.35. The van der Waals surface area contributed by atoms with E-state index in [0.717, 1.165) is 0 Å². The van der Waals surface area contributed by atoms with Crippen molar-refractivity contribution in [3.05, 3.63) is 54.2 Å². The number of benzene rings is 1. The number of aromatic nitrogens is 1. The van der Waals surface area contributed by atoms with Crippen LogP contribution in [0.15, 0.2) is 48.7 Å². The Labute approximate surface area is 98.8 Å². The lowest BCUT2D eigenvalue weighted by atomic mass is 10.2. The molecule has 0 radical (unpaired) electrons. The first-order valence-corrected chi connectivity index (χ1v) is 5.07. The fraction of sp³-hybridized carbons (Fsp3) is 0.0769. The Morgan fingerprint density at radius 3 is 2.76 bits per heavy atom. The van der Waals surface area contributed by atoms with Crippen molar-refractivity contribution in [1.29, 1.82) is 0 Å². The minimum absolute atomic E-state index is 0.278. The molecule has 0 spiro atoms. The zero-order valence-electron chi connectivity index (χ0n) is 9.29. The lowest BCUT2D eigenvalue weighted by Gasteiger charge is -2.04. The van der Waals surface area contributed by atoms with Gasteiger partial charge in [0.05, 0.1) is 12.7 Å². The van der Waals surface area contributed by atoms with Gasteiger partial charge in [-0.1, -0.05) is 12.1 Å². The van der Waals surface area contributed by atoms with Crippen LogP contribution in [-0.2, 0) is 0 Å². The molecule has 0 bridgehead atoms. The van der Waals surface area contributed by atoms with Gasteiger partial charge in [0, 0.05) is 12.3 Å². The zero-order valence-corrected chi connectivity index (χ0v) is 9.29. The van der Waals surface area contributed by atoms with Crippen LogP contribution in [0.2, 0.25) is 0 Å². The van der Waals surface area contributed by atoms with Crippen molar-refractivity contribution in [3.63, 3.8) is 0 Å². The highest BCUT2D eigenvalue weighted by Gasteiger charge is 2.09. The molecule has 0 unspecified atom stereocenters. The number of rotatable bonds is 3. The molecule has 0 N–H and O–H groups in total. The molecule has 0 saturated heterocycles. The third-order valence-electron chi connectivity index (χ3n) is 2.14. The average Bonchev–Trinajstić information content (AvgIpc) is 2.40. The second kappa shape index (κ2) is 5.12. The minimum Gasteiger partial charge on any atom is -0.497 e. The Balaban J connectivity index is 2.14. The Morgan fingerprint density at radius 2 is 2.06 bits per heavy atom. The zero-order chi connectivity index (χ0) is 12.1. The molecular formula is C13H11NO3. The van der Waals surface area contributed by atoms with E-state index in [1.54, 1.807) is 55.8 Å². The highest BCUT2D eigenvalue weighted by atomic mass is 16.5. The van der Waals surface area contributed by atoms with Gasteiger partial charge in [0.2, 0.25) is 5.88 Å². The smallest absolute Gasteiger partial charge is 0.344 e. The van der Waals surface area contributed by atoms with Gasteiger partial charge in [-0.15, -0.1) is 0 Å². The van der Waals surface area contributed by atoms with E-state index in [1.807, 2.05) is 0 Å². The number of carbonyl (C=O) groups excluding carboxylic acids is 1. The van der Waals surface area contributed by atoms with E-state index in [4.69, 9.17) is 9.47 Å². The molecule has 0 aliphatic carbocycles. The van der Waals surface area contributed by atoms with Crippen LogP contribution in [0.5, 0.6) is 11.6 Å². The second-order valence-electron chi connectivity index (χ2n) is 3.29. The number of hydrogen-bond donors (Lipinski definition) is 0. The lowest BCUT2D eigenvalue weighted by molar-refractivity contribution is 0.0727. The number of hydrogen-bond acceptors (Lipinski definition) is 4. The summed E-state index contributed by atoms with van der Waals surface area (Å²) in [7, 11) is 1.54. The SMILES string of the molecule is COc1cccc(C(=O)Oc2ccccn2)c1. The summed E-state index contributed by atoms with van der Waals surface area (Å²) in [5, 5.41) is 0. The highest BCUT2D eigenvalue weighted by Crippen LogP contribution is 2.14. The van der Waals surface area contributed by atoms with Gasteiger partial charge in [0.15, 0.2) is 0 Å². The quantitative estimate of drug-likeness (QED) is 0.758. The molecule has 0 aliphatic heterocycles. The van der Waals surface area contributed by atoms with Crippen LogP contribution in [0.25, 0.3) is 0 Å². The molecule has 2 aromatic rings.